The van der Waals surface area contributed by atoms with Crippen molar-refractivity contribution in [3.8, 4) is 11.5 Å². The highest BCUT2D eigenvalue weighted by atomic mass is 16.7. The highest BCUT2D eigenvalue weighted by Gasteiger charge is 2.39. The van der Waals surface area contributed by atoms with Crippen molar-refractivity contribution in [2.24, 2.45) is 0 Å². The molecule has 1 N–H and O–H groups in total. The predicted molar refractivity (Wildman–Crippen MR) is 93.6 cm³/mol. The molecule has 6 heteroatoms. The quantitative estimate of drug-likeness (QED) is 0.861. The van der Waals surface area contributed by atoms with Crippen molar-refractivity contribution in [3.63, 3.8) is 0 Å². The number of imide groups is 1. The number of nitrogens with zero attached hydrogens (tertiary/aromatic N) is 1. The molecule has 0 spiro atoms. The van der Waals surface area contributed by atoms with Gasteiger partial charge in [0.1, 0.15) is 0 Å². The molecule has 2 aromatic rings. The molecular weight excluding hydrogens is 334 g/mol. The fraction of sp³-hybridized carbons (Fsp3) is 0.200. The summed E-state index contributed by atoms with van der Waals surface area (Å²) >= 11 is 0. The summed E-state index contributed by atoms with van der Waals surface area (Å²) in [7, 11) is 0. The third kappa shape index (κ3) is 2.50. The van der Waals surface area contributed by atoms with E-state index in [0.717, 1.165) is 16.0 Å². The molecule has 0 fully saturated rings. The van der Waals surface area contributed by atoms with E-state index in [1.165, 1.54) is 0 Å². The average Bonchev–Trinajstić information content (AvgIpc) is 3.16. The number of hydrogen-bond acceptors (Lipinski definition) is 5. The highest BCUT2D eigenvalue weighted by molar-refractivity contribution is 6.34. The average molecular weight is 351 g/mol. The SMILES string of the molecule is Cc1ccc(C2=C(O)C(=O)N(Cc3ccc4c(c3)OCO4)C2=O)cc1C. The number of carbonyl (C=O) groups is 2. The Hall–Kier alpha value is -3.28. The van der Waals surface area contributed by atoms with Gasteiger partial charge in [-0.25, -0.2) is 0 Å². The van der Waals surface area contributed by atoms with E-state index in [1.54, 1.807) is 30.3 Å². The fourth-order valence-electron chi connectivity index (χ4n) is 3.09. The van der Waals surface area contributed by atoms with E-state index >= 15 is 0 Å². The summed E-state index contributed by atoms with van der Waals surface area (Å²) in [6, 6.07) is 10.6. The standard InChI is InChI=1S/C20H17NO5/c1-11-3-5-14(7-12(11)2)17-18(22)20(24)21(19(17)23)9-13-4-6-15-16(8-13)26-10-25-15/h3-8,22H,9-10H2,1-2H3. The van der Waals surface area contributed by atoms with Crippen LogP contribution in [0.2, 0.25) is 0 Å². The largest absolute Gasteiger partial charge is 0.502 e. The number of amides is 2. The second-order valence-electron chi connectivity index (χ2n) is 6.41. The zero-order chi connectivity index (χ0) is 18.4. The minimum absolute atomic E-state index is 0.0406. The Bertz CT molecular complexity index is 976. The van der Waals surface area contributed by atoms with E-state index in [9.17, 15) is 14.7 Å². The van der Waals surface area contributed by atoms with Crippen LogP contribution in [-0.2, 0) is 16.1 Å². The van der Waals surface area contributed by atoms with Crippen molar-refractivity contribution in [2.75, 3.05) is 6.79 Å². The number of fused-ring (bicyclic) bond motifs is 1. The monoisotopic (exact) mass is 351 g/mol. The van der Waals surface area contributed by atoms with Gasteiger partial charge in [-0.15, -0.1) is 0 Å². The summed E-state index contributed by atoms with van der Waals surface area (Å²) < 4.78 is 10.6. The van der Waals surface area contributed by atoms with Crippen LogP contribution < -0.4 is 9.47 Å². The minimum atomic E-state index is -0.694. The van der Waals surface area contributed by atoms with Crippen LogP contribution in [0.5, 0.6) is 11.5 Å². The van der Waals surface area contributed by atoms with E-state index < -0.39 is 17.6 Å². The molecule has 2 amide bonds. The lowest BCUT2D eigenvalue weighted by Gasteiger charge is -2.15. The van der Waals surface area contributed by atoms with Crippen LogP contribution in [0.4, 0.5) is 0 Å². The maximum absolute atomic E-state index is 12.8. The molecule has 6 nitrogen and oxygen atoms in total. The Balaban J connectivity index is 1.63. The first kappa shape index (κ1) is 16.2. The Kier molecular flexibility index (Phi) is 3.68. The van der Waals surface area contributed by atoms with Gasteiger partial charge < -0.3 is 14.6 Å². The number of ether oxygens (including phenoxy) is 2. The molecule has 0 aliphatic carbocycles. The molecule has 0 aromatic heterocycles. The van der Waals surface area contributed by atoms with Crippen LogP contribution in [0.3, 0.4) is 0 Å². The number of aliphatic hydroxyl groups is 1. The molecule has 0 saturated heterocycles. The Morgan fingerprint density at radius 2 is 1.73 bits per heavy atom. The summed E-state index contributed by atoms with van der Waals surface area (Å²) in [4.78, 5) is 26.3. The molecular formula is C20H17NO5. The summed E-state index contributed by atoms with van der Waals surface area (Å²) in [5.41, 5.74) is 3.35. The highest BCUT2D eigenvalue weighted by Crippen LogP contribution is 2.34. The number of hydrogen-bond donors (Lipinski definition) is 1. The maximum atomic E-state index is 12.8. The van der Waals surface area contributed by atoms with E-state index in [0.29, 0.717) is 22.6 Å². The van der Waals surface area contributed by atoms with Crippen molar-refractivity contribution in [1.82, 2.24) is 4.90 Å². The fourth-order valence-corrected chi connectivity index (χ4v) is 3.09. The lowest BCUT2D eigenvalue weighted by atomic mass is 10.00. The summed E-state index contributed by atoms with van der Waals surface area (Å²) in [5.74, 6) is -0.508. The lowest BCUT2D eigenvalue weighted by Crippen LogP contribution is -2.31. The third-order valence-electron chi connectivity index (χ3n) is 4.72. The molecule has 4 rings (SSSR count). The van der Waals surface area contributed by atoms with E-state index in [1.807, 2.05) is 19.9 Å². The minimum Gasteiger partial charge on any atom is -0.502 e. The molecule has 2 aromatic carbocycles. The number of aryl methyl sites for hydroxylation is 2. The molecule has 0 saturated carbocycles. The van der Waals surface area contributed by atoms with Gasteiger partial charge in [-0.1, -0.05) is 24.3 Å². The van der Waals surface area contributed by atoms with Gasteiger partial charge in [0, 0.05) is 0 Å². The summed E-state index contributed by atoms with van der Waals surface area (Å²) in [6.07, 6.45) is 0. The van der Waals surface area contributed by atoms with Crippen molar-refractivity contribution in [2.45, 2.75) is 20.4 Å². The van der Waals surface area contributed by atoms with Gasteiger partial charge in [-0.3, -0.25) is 14.5 Å². The summed E-state index contributed by atoms with van der Waals surface area (Å²) in [5, 5.41) is 10.3. The van der Waals surface area contributed by atoms with Gasteiger partial charge in [0.15, 0.2) is 17.3 Å². The van der Waals surface area contributed by atoms with Crippen LogP contribution in [-0.4, -0.2) is 28.6 Å². The second kappa shape index (κ2) is 5.91. The van der Waals surface area contributed by atoms with Crippen LogP contribution in [0.25, 0.3) is 5.57 Å². The Morgan fingerprint density at radius 1 is 0.962 bits per heavy atom. The zero-order valence-electron chi connectivity index (χ0n) is 14.4. The first-order valence-corrected chi connectivity index (χ1v) is 8.21. The summed E-state index contributed by atoms with van der Waals surface area (Å²) in [6.45, 7) is 4.08. The Morgan fingerprint density at radius 3 is 2.50 bits per heavy atom. The van der Waals surface area contributed by atoms with Crippen molar-refractivity contribution in [3.05, 3.63) is 64.4 Å². The van der Waals surface area contributed by atoms with Crippen LogP contribution in [0, 0.1) is 13.8 Å². The van der Waals surface area contributed by atoms with E-state index in [4.69, 9.17) is 9.47 Å². The van der Waals surface area contributed by atoms with Crippen LogP contribution in [0.1, 0.15) is 22.3 Å². The molecule has 2 aliphatic heterocycles. The first-order chi connectivity index (χ1) is 12.5. The van der Waals surface area contributed by atoms with Crippen LogP contribution >= 0.6 is 0 Å². The number of aliphatic hydroxyl groups excluding tert-OH is 1. The van der Waals surface area contributed by atoms with Gasteiger partial charge in [0.2, 0.25) is 6.79 Å². The first-order valence-electron chi connectivity index (χ1n) is 8.21. The van der Waals surface area contributed by atoms with Crippen molar-refractivity contribution < 1.29 is 24.2 Å². The lowest BCUT2D eigenvalue weighted by molar-refractivity contribution is -0.138. The second-order valence-corrected chi connectivity index (χ2v) is 6.41. The molecule has 0 atom stereocenters. The molecule has 0 bridgehead atoms. The van der Waals surface area contributed by atoms with Crippen molar-refractivity contribution in [1.29, 1.82) is 0 Å². The topological polar surface area (TPSA) is 76.1 Å². The maximum Gasteiger partial charge on any atom is 0.296 e. The van der Waals surface area contributed by atoms with Crippen LogP contribution in [0.15, 0.2) is 42.2 Å². The van der Waals surface area contributed by atoms with Gasteiger partial charge in [0.25, 0.3) is 11.8 Å². The number of benzene rings is 2. The molecule has 132 valence electrons. The zero-order valence-corrected chi connectivity index (χ0v) is 14.4. The van der Waals surface area contributed by atoms with Gasteiger partial charge in [-0.2, -0.15) is 0 Å². The van der Waals surface area contributed by atoms with E-state index in [-0.39, 0.29) is 18.9 Å². The molecule has 0 radical (unpaired) electrons. The molecule has 0 unspecified atom stereocenters. The molecule has 2 heterocycles. The molecule has 2 aliphatic rings. The smallest absolute Gasteiger partial charge is 0.296 e. The molecule has 26 heavy (non-hydrogen) atoms. The van der Waals surface area contributed by atoms with Gasteiger partial charge in [0.05, 0.1) is 12.1 Å². The number of rotatable bonds is 3. The van der Waals surface area contributed by atoms with Gasteiger partial charge >= 0.3 is 0 Å². The normalized spacial score (nSPS) is 16.0. The van der Waals surface area contributed by atoms with E-state index in [2.05, 4.69) is 0 Å². The predicted octanol–water partition coefficient (Wildman–Crippen LogP) is 2.87. The Labute approximate surface area is 150 Å². The van der Waals surface area contributed by atoms with Crippen molar-refractivity contribution >= 4 is 17.4 Å². The third-order valence-corrected chi connectivity index (χ3v) is 4.72. The number of carbonyl (C=O) groups excluding carboxylic acids is 2. The van der Waals surface area contributed by atoms with Gasteiger partial charge in [-0.05, 0) is 48.2 Å².